The number of ketones is 1. The molecule has 12 nitrogen and oxygen atoms in total. The van der Waals surface area contributed by atoms with Gasteiger partial charge in [0, 0.05) is 25.1 Å². The Morgan fingerprint density at radius 3 is 2.11 bits per heavy atom. The van der Waals surface area contributed by atoms with Crippen molar-refractivity contribution >= 4 is 39.4 Å². The number of nitrogens with two attached hydrogens (primary N) is 1. The molecule has 4 fully saturated rings. The van der Waals surface area contributed by atoms with Gasteiger partial charge in [-0.05, 0) is 60.7 Å². The zero-order valence-electron chi connectivity index (χ0n) is 26.7. The van der Waals surface area contributed by atoms with E-state index in [1.807, 2.05) is 20.8 Å². The van der Waals surface area contributed by atoms with E-state index in [1.165, 1.54) is 6.26 Å². The predicted octanol–water partition coefficient (Wildman–Crippen LogP) is 1.66. The van der Waals surface area contributed by atoms with Gasteiger partial charge in [0.2, 0.25) is 17.6 Å². The van der Waals surface area contributed by atoms with E-state index in [0.29, 0.717) is 25.9 Å². The van der Waals surface area contributed by atoms with Crippen LogP contribution in [0.3, 0.4) is 0 Å². The minimum atomic E-state index is -2.92. The molecule has 5 amide bonds. The second-order valence-corrected chi connectivity index (χ2v) is 17.0. The van der Waals surface area contributed by atoms with Gasteiger partial charge in [-0.3, -0.25) is 19.2 Å². The van der Waals surface area contributed by atoms with Crippen molar-refractivity contribution in [1.29, 1.82) is 0 Å². The monoisotopic (exact) mass is 637 g/mol. The number of fused-ring (bicyclic) bond motifs is 3. The van der Waals surface area contributed by atoms with Gasteiger partial charge in [0.1, 0.15) is 21.9 Å². The van der Waals surface area contributed by atoms with E-state index in [2.05, 4.69) is 16.0 Å². The number of Topliss-reactive ketones (excluding diaryl/α,β-unsaturated/α-hetero) is 1. The van der Waals surface area contributed by atoms with Crippen LogP contribution in [0, 0.1) is 28.6 Å². The maximum Gasteiger partial charge on any atom is 0.315 e. The van der Waals surface area contributed by atoms with Crippen molar-refractivity contribution in [2.24, 2.45) is 34.3 Å². The van der Waals surface area contributed by atoms with Crippen LogP contribution in [0.4, 0.5) is 4.79 Å². The number of nitrogens with one attached hydrogen (secondary N) is 3. The summed E-state index contributed by atoms with van der Waals surface area (Å²) < 4.78 is 22.4. The summed E-state index contributed by atoms with van der Waals surface area (Å²) >= 11 is 0. The van der Waals surface area contributed by atoms with Crippen molar-refractivity contribution in [2.75, 3.05) is 25.1 Å². The number of primary amides is 1. The van der Waals surface area contributed by atoms with Crippen LogP contribution < -0.4 is 21.7 Å². The first-order chi connectivity index (χ1) is 20.5. The predicted molar refractivity (Wildman–Crippen MR) is 165 cm³/mol. The lowest BCUT2D eigenvalue weighted by molar-refractivity contribution is -0.144. The van der Waals surface area contributed by atoms with Gasteiger partial charge in [-0.1, -0.05) is 59.3 Å². The van der Waals surface area contributed by atoms with Crippen LogP contribution in [-0.4, -0.2) is 86.1 Å². The summed E-state index contributed by atoms with van der Waals surface area (Å²) in [5, 5.41) is 8.49. The summed E-state index contributed by atoms with van der Waals surface area (Å²) in [5.74, 6) is -1.93. The minimum absolute atomic E-state index is 0.0116. The van der Waals surface area contributed by atoms with E-state index >= 15 is 0 Å². The van der Waals surface area contributed by atoms with Gasteiger partial charge in [0.05, 0.1) is 6.04 Å². The van der Waals surface area contributed by atoms with Crippen LogP contribution in [0.1, 0.15) is 91.4 Å². The molecule has 0 bridgehead atoms. The van der Waals surface area contributed by atoms with Gasteiger partial charge in [0.15, 0.2) is 0 Å². The van der Waals surface area contributed by atoms with Gasteiger partial charge < -0.3 is 26.6 Å². The van der Waals surface area contributed by atoms with Gasteiger partial charge in [-0.2, -0.15) is 0 Å². The summed E-state index contributed by atoms with van der Waals surface area (Å²) in [6.45, 7) is 6.47. The molecular weight excluding hydrogens is 586 g/mol. The first-order valence-corrected chi connectivity index (χ1v) is 18.3. The van der Waals surface area contributed by atoms with Crippen LogP contribution in [-0.2, 0) is 29.0 Å². The molecule has 3 saturated carbocycles. The van der Waals surface area contributed by atoms with Crippen molar-refractivity contribution in [1.82, 2.24) is 20.9 Å². The maximum absolute atomic E-state index is 14.0. The fraction of sp³-hybridized carbons (Fsp3) is 0.839. The second-order valence-electron chi connectivity index (χ2n) is 14.7. The third-order valence-corrected chi connectivity index (χ3v) is 11.0. The van der Waals surface area contributed by atoms with Crippen LogP contribution in [0.2, 0.25) is 0 Å². The number of sulfone groups is 1. The molecule has 4 rings (SSSR count). The molecule has 248 valence electrons. The van der Waals surface area contributed by atoms with Crippen molar-refractivity contribution < 1.29 is 32.4 Å². The summed E-state index contributed by atoms with van der Waals surface area (Å²) in [6, 6.07) is -3.08. The molecule has 1 spiro atoms. The number of carbonyl (C=O) groups excluding carboxylic acids is 5. The lowest BCUT2D eigenvalue weighted by Gasteiger charge is -2.37. The number of urea groups is 1. The molecule has 5 N–H and O–H groups in total. The third-order valence-electron chi connectivity index (χ3n) is 9.93. The van der Waals surface area contributed by atoms with Crippen molar-refractivity contribution in [3.05, 3.63) is 0 Å². The highest BCUT2D eigenvalue weighted by atomic mass is 32.2. The number of carbonyl (C=O) groups is 5. The van der Waals surface area contributed by atoms with E-state index in [0.717, 1.165) is 57.8 Å². The van der Waals surface area contributed by atoms with E-state index in [4.69, 9.17) is 5.73 Å². The van der Waals surface area contributed by atoms with Crippen molar-refractivity contribution in [2.45, 2.75) is 110 Å². The topological polar surface area (TPSA) is 185 Å². The number of amides is 5. The van der Waals surface area contributed by atoms with E-state index in [1.54, 1.807) is 4.90 Å². The number of hydrogen-bond donors (Lipinski definition) is 4. The molecule has 13 heteroatoms. The van der Waals surface area contributed by atoms with Crippen LogP contribution in [0.25, 0.3) is 0 Å². The summed E-state index contributed by atoms with van der Waals surface area (Å²) in [7, 11) is -2.92. The number of unbranched alkanes of at least 4 members (excludes halogenated alkanes) is 5. The molecule has 3 unspecified atom stereocenters. The molecule has 3 aliphatic carbocycles. The SMILES string of the molecule is CC(C)(C)[C@H](NC(=O)NCCCCCCCCS(C)(=O)=O)C(=O)N1CC2C([C@H]1C(=O)NC(CC1CC1)C(=O)C(N)=O)C21CC1. The standard InChI is InChI=1S/C31H51N5O7S/c1-30(2,3)25(35-29(41)33-15-9-7-5-6-8-10-16-44(4,42)43)28(40)36-18-20-22(31(20)13-14-31)23(36)27(39)34-21(17-19-11-12-19)24(37)26(32)38/h19-23,25H,5-18H2,1-4H3,(H2,32,38)(H,34,39)(H2,33,35,41)/t20?,21?,22?,23-,25+/m0/s1. The van der Waals surface area contributed by atoms with Crippen LogP contribution in [0.5, 0.6) is 0 Å². The molecular formula is C31H51N5O7S. The van der Waals surface area contributed by atoms with E-state index < -0.39 is 57.0 Å². The maximum atomic E-state index is 14.0. The molecule has 1 saturated heterocycles. The smallest absolute Gasteiger partial charge is 0.315 e. The minimum Gasteiger partial charge on any atom is -0.363 e. The van der Waals surface area contributed by atoms with Crippen molar-refractivity contribution in [3.63, 3.8) is 0 Å². The lowest BCUT2D eigenvalue weighted by Crippen LogP contribution is -2.61. The molecule has 0 aromatic heterocycles. The third kappa shape index (κ3) is 8.51. The molecule has 1 aliphatic heterocycles. The Morgan fingerprint density at radius 1 is 0.955 bits per heavy atom. The summed E-state index contributed by atoms with van der Waals surface area (Å²) in [4.78, 5) is 66.5. The lowest BCUT2D eigenvalue weighted by atomic mass is 9.85. The Morgan fingerprint density at radius 2 is 1.57 bits per heavy atom. The largest absolute Gasteiger partial charge is 0.363 e. The fourth-order valence-electron chi connectivity index (χ4n) is 7.08. The zero-order valence-corrected chi connectivity index (χ0v) is 27.5. The van der Waals surface area contributed by atoms with Crippen molar-refractivity contribution in [3.8, 4) is 0 Å². The number of nitrogens with zero attached hydrogens (tertiary/aromatic N) is 1. The average molecular weight is 638 g/mol. The first kappa shape index (κ1) is 34.2. The molecule has 0 aromatic carbocycles. The fourth-order valence-corrected chi connectivity index (χ4v) is 7.81. The Bertz CT molecular complexity index is 1240. The summed E-state index contributed by atoms with van der Waals surface area (Å²) in [5.41, 5.74) is 4.73. The molecule has 0 radical (unpaired) electrons. The number of hydrogen-bond acceptors (Lipinski definition) is 7. The molecule has 4 aliphatic rings. The number of piperidine rings is 1. The van der Waals surface area contributed by atoms with Gasteiger partial charge in [-0.15, -0.1) is 0 Å². The molecule has 44 heavy (non-hydrogen) atoms. The normalized spacial score (nSPS) is 24.6. The van der Waals surface area contributed by atoms with Crippen LogP contribution >= 0.6 is 0 Å². The highest BCUT2D eigenvalue weighted by Crippen LogP contribution is 2.78. The van der Waals surface area contributed by atoms with Gasteiger partial charge >= 0.3 is 6.03 Å². The Balaban J connectivity index is 1.31. The Hall–Kier alpha value is -2.70. The highest BCUT2D eigenvalue weighted by Gasteiger charge is 2.79. The molecule has 1 heterocycles. The zero-order chi connectivity index (χ0) is 32.4. The summed E-state index contributed by atoms with van der Waals surface area (Å²) in [6.07, 6.45) is 10.6. The average Bonchev–Trinajstić information content (AvgIpc) is 3.88. The molecule has 5 atom stereocenters. The highest BCUT2D eigenvalue weighted by molar-refractivity contribution is 7.90. The van der Waals surface area contributed by atoms with E-state index in [-0.39, 0.29) is 34.8 Å². The number of likely N-dealkylation sites (tertiary alicyclic amines) is 1. The quantitative estimate of drug-likeness (QED) is 0.138. The Labute approximate surface area is 261 Å². The Kier molecular flexibility index (Phi) is 10.4. The van der Waals surface area contributed by atoms with Gasteiger partial charge in [-0.25, -0.2) is 13.2 Å². The first-order valence-electron chi connectivity index (χ1n) is 16.2. The van der Waals surface area contributed by atoms with E-state index in [9.17, 15) is 32.4 Å². The molecule has 0 aromatic rings. The second kappa shape index (κ2) is 13.3. The van der Waals surface area contributed by atoms with Crippen LogP contribution in [0.15, 0.2) is 0 Å². The number of rotatable bonds is 17. The van der Waals surface area contributed by atoms with Gasteiger partial charge in [0.25, 0.3) is 5.91 Å².